The molecule has 2 aromatic rings. The van der Waals surface area contributed by atoms with Crippen LogP contribution in [-0.2, 0) is 6.42 Å². The Kier molecular flexibility index (Phi) is 4.07. The SMILES string of the molecule is CCCNCCc1nnc(-c2ccsc2)o1. The topological polar surface area (TPSA) is 51.0 Å². The maximum absolute atomic E-state index is 5.55. The quantitative estimate of drug-likeness (QED) is 0.783. The summed E-state index contributed by atoms with van der Waals surface area (Å²) in [5.74, 6) is 1.32. The first-order valence-electron chi connectivity index (χ1n) is 5.46. The Morgan fingerprint density at radius 2 is 2.31 bits per heavy atom. The van der Waals surface area contributed by atoms with Gasteiger partial charge in [-0.3, -0.25) is 0 Å². The van der Waals surface area contributed by atoms with E-state index in [0.717, 1.165) is 31.5 Å². The summed E-state index contributed by atoms with van der Waals surface area (Å²) in [7, 11) is 0. The van der Waals surface area contributed by atoms with E-state index in [9.17, 15) is 0 Å². The zero-order chi connectivity index (χ0) is 11.2. The average Bonchev–Trinajstić information content (AvgIpc) is 2.94. The highest BCUT2D eigenvalue weighted by Gasteiger charge is 2.07. The number of hydrogen-bond donors (Lipinski definition) is 1. The smallest absolute Gasteiger partial charge is 0.248 e. The second-order valence-corrected chi connectivity index (χ2v) is 4.29. The lowest BCUT2D eigenvalue weighted by Crippen LogP contribution is -2.17. The van der Waals surface area contributed by atoms with Gasteiger partial charge in [-0.05, 0) is 24.4 Å². The van der Waals surface area contributed by atoms with Gasteiger partial charge in [0.2, 0.25) is 11.8 Å². The van der Waals surface area contributed by atoms with Crippen LogP contribution in [0, 0.1) is 0 Å². The second kappa shape index (κ2) is 5.77. The van der Waals surface area contributed by atoms with E-state index in [1.54, 1.807) is 11.3 Å². The predicted octanol–water partition coefficient (Wildman–Crippen LogP) is 2.34. The van der Waals surface area contributed by atoms with Gasteiger partial charge in [0.1, 0.15) is 0 Å². The first-order valence-corrected chi connectivity index (χ1v) is 6.40. The maximum Gasteiger partial charge on any atom is 0.248 e. The van der Waals surface area contributed by atoms with E-state index < -0.39 is 0 Å². The minimum absolute atomic E-state index is 0.617. The number of aromatic nitrogens is 2. The van der Waals surface area contributed by atoms with Gasteiger partial charge in [-0.1, -0.05) is 6.92 Å². The van der Waals surface area contributed by atoms with Crippen LogP contribution in [-0.4, -0.2) is 23.3 Å². The van der Waals surface area contributed by atoms with Crippen LogP contribution in [0.15, 0.2) is 21.2 Å². The van der Waals surface area contributed by atoms with Gasteiger partial charge in [-0.15, -0.1) is 10.2 Å². The molecule has 0 radical (unpaired) electrons. The van der Waals surface area contributed by atoms with Crippen LogP contribution < -0.4 is 5.32 Å². The van der Waals surface area contributed by atoms with Crippen molar-refractivity contribution in [3.05, 3.63) is 22.7 Å². The Morgan fingerprint density at radius 3 is 3.06 bits per heavy atom. The number of rotatable bonds is 6. The third-order valence-electron chi connectivity index (χ3n) is 2.18. The maximum atomic E-state index is 5.55. The van der Waals surface area contributed by atoms with Crippen molar-refractivity contribution in [1.29, 1.82) is 0 Å². The van der Waals surface area contributed by atoms with Crippen molar-refractivity contribution < 1.29 is 4.42 Å². The molecule has 0 atom stereocenters. The fraction of sp³-hybridized carbons (Fsp3) is 0.455. The molecule has 1 N–H and O–H groups in total. The molecule has 2 heterocycles. The van der Waals surface area contributed by atoms with Crippen molar-refractivity contribution in [3.8, 4) is 11.5 Å². The van der Waals surface area contributed by atoms with E-state index in [-0.39, 0.29) is 0 Å². The third kappa shape index (κ3) is 2.90. The fourth-order valence-electron chi connectivity index (χ4n) is 1.35. The van der Waals surface area contributed by atoms with Gasteiger partial charge in [-0.25, -0.2) is 0 Å². The Morgan fingerprint density at radius 1 is 1.38 bits per heavy atom. The molecular formula is C11H15N3OS. The van der Waals surface area contributed by atoms with Crippen molar-refractivity contribution in [3.63, 3.8) is 0 Å². The molecule has 0 aliphatic carbocycles. The number of hydrogen-bond acceptors (Lipinski definition) is 5. The van der Waals surface area contributed by atoms with Gasteiger partial charge in [0.15, 0.2) is 0 Å². The normalized spacial score (nSPS) is 10.8. The van der Waals surface area contributed by atoms with Crippen molar-refractivity contribution in [2.75, 3.05) is 13.1 Å². The van der Waals surface area contributed by atoms with E-state index >= 15 is 0 Å². The number of thiophene rings is 1. The molecule has 2 rings (SSSR count). The van der Waals surface area contributed by atoms with Gasteiger partial charge < -0.3 is 9.73 Å². The molecule has 0 unspecified atom stereocenters. The molecule has 0 fully saturated rings. The second-order valence-electron chi connectivity index (χ2n) is 3.51. The molecule has 86 valence electrons. The lowest BCUT2D eigenvalue weighted by Gasteiger charge is -1.98. The van der Waals surface area contributed by atoms with Crippen molar-refractivity contribution in [1.82, 2.24) is 15.5 Å². The largest absolute Gasteiger partial charge is 0.421 e. The zero-order valence-electron chi connectivity index (χ0n) is 9.27. The van der Waals surface area contributed by atoms with Crippen molar-refractivity contribution >= 4 is 11.3 Å². The van der Waals surface area contributed by atoms with Crippen LogP contribution >= 0.6 is 11.3 Å². The van der Waals surface area contributed by atoms with Gasteiger partial charge >= 0.3 is 0 Å². The summed E-state index contributed by atoms with van der Waals surface area (Å²) < 4.78 is 5.55. The lowest BCUT2D eigenvalue weighted by atomic mass is 10.3. The van der Waals surface area contributed by atoms with E-state index in [1.807, 2.05) is 16.8 Å². The van der Waals surface area contributed by atoms with Crippen molar-refractivity contribution in [2.24, 2.45) is 0 Å². The molecule has 2 aromatic heterocycles. The summed E-state index contributed by atoms with van der Waals surface area (Å²) in [5.41, 5.74) is 1.00. The van der Waals surface area contributed by atoms with Crippen LogP contribution in [0.5, 0.6) is 0 Å². The average molecular weight is 237 g/mol. The molecular weight excluding hydrogens is 222 g/mol. The molecule has 0 saturated carbocycles. The van der Waals surface area contributed by atoms with Gasteiger partial charge in [0.25, 0.3) is 0 Å². The summed E-state index contributed by atoms with van der Waals surface area (Å²) >= 11 is 1.63. The third-order valence-corrected chi connectivity index (χ3v) is 2.86. The Hall–Kier alpha value is -1.20. The van der Waals surface area contributed by atoms with Gasteiger partial charge in [0, 0.05) is 23.9 Å². The molecule has 0 saturated heterocycles. The monoisotopic (exact) mass is 237 g/mol. The molecule has 16 heavy (non-hydrogen) atoms. The van der Waals surface area contributed by atoms with Crippen LogP contribution in [0.1, 0.15) is 19.2 Å². The minimum Gasteiger partial charge on any atom is -0.421 e. The Labute approximate surface area is 98.7 Å². The summed E-state index contributed by atoms with van der Waals surface area (Å²) in [4.78, 5) is 0. The summed E-state index contributed by atoms with van der Waals surface area (Å²) in [6, 6.07) is 1.98. The van der Waals surface area contributed by atoms with E-state index in [4.69, 9.17) is 4.42 Å². The van der Waals surface area contributed by atoms with E-state index in [1.165, 1.54) is 0 Å². The van der Waals surface area contributed by atoms with Crippen molar-refractivity contribution in [2.45, 2.75) is 19.8 Å². The first kappa shape index (κ1) is 11.3. The molecule has 0 bridgehead atoms. The summed E-state index contributed by atoms with van der Waals surface area (Å²) in [6.45, 7) is 4.07. The van der Waals surface area contributed by atoms with E-state index in [0.29, 0.717) is 11.8 Å². The van der Waals surface area contributed by atoms with Gasteiger partial charge in [-0.2, -0.15) is 11.3 Å². The van der Waals surface area contributed by atoms with E-state index in [2.05, 4.69) is 22.4 Å². The Balaban J connectivity index is 1.88. The highest BCUT2D eigenvalue weighted by Crippen LogP contribution is 2.20. The molecule has 0 aliphatic rings. The Bertz CT molecular complexity index is 411. The summed E-state index contributed by atoms with van der Waals surface area (Å²) in [6.07, 6.45) is 1.93. The van der Waals surface area contributed by atoms with Crippen LogP contribution in [0.25, 0.3) is 11.5 Å². The lowest BCUT2D eigenvalue weighted by molar-refractivity contribution is 0.494. The molecule has 0 amide bonds. The molecule has 0 aliphatic heterocycles. The first-order chi connectivity index (χ1) is 7.90. The zero-order valence-corrected chi connectivity index (χ0v) is 10.1. The van der Waals surface area contributed by atoms with Crippen LogP contribution in [0.3, 0.4) is 0 Å². The highest BCUT2D eigenvalue weighted by atomic mass is 32.1. The molecule has 4 nitrogen and oxygen atoms in total. The fourth-order valence-corrected chi connectivity index (χ4v) is 1.98. The van der Waals surface area contributed by atoms with Crippen LogP contribution in [0.4, 0.5) is 0 Å². The van der Waals surface area contributed by atoms with Gasteiger partial charge in [0.05, 0.1) is 0 Å². The number of nitrogens with one attached hydrogen (secondary N) is 1. The highest BCUT2D eigenvalue weighted by molar-refractivity contribution is 7.08. The number of nitrogens with zero attached hydrogens (tertiary/aromatic N) is 2. The summed E-state index contributed by atoms with van der Waals surface area (Å²) in [5, 5.41) is 15.3. The molecule has 0 aromatic carbocycles. The van der Waals surface area contributed by atoms with Crippen LogP contribution in [0.2, 0.25) is 0 Å². The minimum atomic E-state index is 0.617. The standard InChI is InChI=1S/C11H15N3OS/c1-2-5-12-6-3-10-13-14-11(15-10)9-4-7-16-8-9/h4,7-8,12H,2-3,5-6H2,1H3. The predicted molar refractivity (Wildman–Crippen MR) is 64.5 cm³/mol. The molecule has 0 spiro atoms. The molecule has 5 heteroatoms.